The van der Waals surface area contributed by atoms with Crippen molar-refractivity contribution in [3.8, 4) is 0 Å². The van der Waals surface area contributed by atoms with Crippen LogP contribution in [0.3, 0.4) is 0 Å². The standard InChI is InChI=1S/C17H25N3O4/c1-17(2,3)24-14(21)10-12(18)16(23)20-13(15(19)22)9-11-7-5-4-6-8-11/h4-8,12-13H,9-10,18H2,1-3H3,(H2,19,22)(H,20,23)/t12-,13-/m0/s1. The van der Waals surface area contributed by atoms with E-state index in [1.165, 1.54) is 0 Å². The molecule has 1 aromatic carbocycles. The van der Waals surface area contributed by atoms with E-state index < -0.39 is 35.5 Å². The van der Waals surface area contributed by atoms with E-state index in [-0.39, 0.29) is 12.8 Å². The number of nitrogens with one attached hydrogen (secondary N) is 1. The fourth-order valence-corrected chi connectivity index (χ4v) is 2.01. The van der Waals surface area contributed by atoms with E-state index in [2.05, 4.69) is 5.32 Å². The van der Waals surface area contributed by atoms with Crippen molar-refractivity contribution >= 4 is 17.8 Å². The van der Waals surface area contributed by atoms with Crippen molar-refractivity contribution in [1.29, 1.82) is 0 Å². The van der Waals surface area contributed by atoms with Gasteiger partial charge in [0, 0.05) is 6.42 Å². The van der Waals surface area contributed by atoms with Gasteiger partial charge in [-0.2, -0.15) is 0 Å². The van der Waals surface area contributed by atoms with Crippen LogP contribution >= 0.6 is 0 Å². The lowest BCUT2D eigenvalue weighted by Crippen LogP contribution is -2.52. The number of hydrogen-bond acceptors (Lipinski definition) is 5. The minimum atomic E-state index is -1.11. The predicted molar refractivity (Wildman–Crippen MR) is 89.7 cm³/mol. The third-order valence-electron chi connectivity index (χ3n) is 3.09. The summed E-state index contributed by atoms with van der Waals surface area (Å²) in [5, 5.41) is 2.49. The van der Waals surface area contributed by atoms with Crippen LogP contribution in [-0.4, -0.2) is 35.5 Å². The number of nitrogens with two attached hydrogens (primary N) is 2. The number of primary amides is 1. The maximum atomic E-state index is 12.1. The third-order valence-corrected chi connectivity index (χ3v) is 3.09. The molecule has 0 heterocycles. The van der Waals surface area contributed by atoms with E-state index in [4.69, 9.17) is 16.2 Å². The Morgan fingerprint density at radius 3 is 2.25 bits per heavy atom. The number of esters is 1. The second-order valence-electron chi connectivity index (χ2n) is 6.55. The molecular formula is C17H25N3O4. The smallest absolute Gasteiger partial charge is 0.308 e. The number of carbonyl (C=O) groups excluding carboxylic acids is 3. The molecule has 1 rings (SSSR count). The molecule has 0 aromatic heterocycles. The first-order valence-electron chi connectivity index (χ1n) is 7.69. The predicted octanol–water partition coefficient (Wildman–Crippen LogP) is 0.258. The van der Waals surface area contributed by atoms with Crippen molar-refractivity contribution in [2.75, 3.05) is 0 Å². The van der Waals surface area contributed by atoms with Crippen LogP contribution in [0.5, 0.6) is 0 Å². The SMILES string of the molecule is CC(C)(C)OC(=O)C[C@H](N)C(=O)N[C@@H](Cc1ccccc1)C(N)=O. The molecule has 0 aliphatic heterocycles. The Balaban J connectivity index is 2.61. The molecule has 0 radical (unpaired) electrons. The molecule has 7 nitrogen and oxygen atoms in total. The van der Waals surface area contributed by atoms with E-state index in [0.29, 0.717) is 0 Å². The Morgan fingerprint density at radius 1 is 1.17 bits per heavy atom. The highest BCUT2D eigenvalue weighted by molar-refractivity contribution is 5.91. The first-order chi connectivity index (χ1) is 11.1. The molecule has 2 atom stereocenters. The van der Waals surface area contributed by atoms with E-state index in [1.54, 1.807) is 20.8 Å². The molecule has 5 N–H and O–H groups in total. The Hall–Kier alpha value is -2.41. The second kappa shape index (κ2) is 8.44. The summed E-state index contributed by atoms with van der Waals surface area (Å²) in [5.74, 6) is -1.87. The molecular weight excluding hydrogens is 310 g/mol. The van der Waals surface area contributed by atoms with Crippen LogP contribution in [0.2, 0.25) is 0 Å². The van der Waals surface area contributed by atoms with Gasteiger partial charge in [-0.05, 0) is 26.3 Å². The van der Waals surface area contributed by atoms with Crippen molar-refractivity contribution in [3.05, 3.63) is 35.9 Å². The van der Waals surface area contributed by atoms with E-state index in [9.17, 15) is 14.4 Å². The normalized spacial score (nSPS) is 13.7. The fraction of sp³-hybridized carbons (Fsp3) is 0.471. The van der Waals surface area contributed by atoms with Gasteiger partial charge in [0.15, 0.2) is 0 Å². The maximum absolute atomic E-state index is 12.1. The summed E-state index contributed by atoms with van der Waals surface area (Å²) in [6.07, 6.45) is -0.0268. The Kier molecular flexibility index (Phi) is 6.91. The van der Waals surface area contributed by atoms with Crippen molar-refractivity contribution in [3.63, 3.8) is 0 Å². The van der Waals surface area contributed by atoms with E-state index in [0.717, 1.165) is 5.56 Å². The molecule has 0 aliphatic carbocycles. The minimum absolute atomic E-state index is 0.251. The summed E-state index contributed by atoms with van der Waals surface area (Å²) in [6, 6.07) is 7.12. The lowest BCUT2D eigenvalue weighted by molar-refractivity contribution is -0.156. The van der Waals surface area contributed by atoms with Gasteiger partial charge in [-0.3, -0.25) is 14.4 Å². The largest absolute Gasteiger partial charge is 0.460 e. The highest BCUT2D eigenvalue weighted by Gasteiger charge is 2.26. The van der Waals surface area contributed by atoms with E-state index in [1.807, 2.05) is 30.3 Å². The van der Waals surface area contributed by atoms with Gasteiger partial charge in [-0.15, -0.1) is 0 Å². The minimum Gasteiger partial charge on any atom is -0.460 e. The lowest BCUT2D eigenvalue weighted by atomic mass is 10.0. The zero-order chi connectivity index (χ0) is 18.3. The monoisotopic (exact) mass is 335 g/mol. The zero-order valence-electron chi connectivity index (χ0n) is 14.2. The van der Waals surface area contributed by atoms with Gasteiger partial charge in [0.05, 0.1) is 12.5 Å². The topological polar surface area (TPSA) is 125 Å². The Labute approximate surface area is 141 Å². The van der Waals surface area contributed by atoms with Gasteiger partial charge in [-0.1, -0.05) is 30.3 Å². The molecule has 7 heteroatoms. The number of carbonyl (C=O) groups is 3. The molecule has 0 fully saturated rings. The third kappa shape index (κ3) is 7.23. The molecule has 1 aromatic rings. The fourth-order valence-electron chi connectivity index (χ4n) is 2.01. The van der Waals surface area contributed by atoms with Crippen LogP contribution in [0.1, 0.15) is 32.8 Å². The number of benzene rings is 1. The van der Waals surface area contributed by atoms with Crippen LogP contribution in [0.15, 0.2) is 30.3 Å². The molecule has 0 spiro atoms. The first kappa shape index (κ1) is 19.6. The van der Waals surface area contributed by atoms with Gasteiger partial charge in [0.2, 0.25) is 11.8 Å². The highest BCUT2D eigenvalue weighted by atomic mass is 16.6. The second-order valence-corrected chi connectivity index (χ2v) is 6.55. The maximum Gasteiger partial charge on any atom is 0.308 e. The number of amides is 2. The molecule has 0 unspecified atom stereocenters. The van der Waals surface area contributed by atoms with Gasteiger partial charge < -0.3 is 21.5 Å². The van der Waals surface area contributed by atoms with Gasteiger partial charge in [0.25, 0.3) is 0 Å². The summed E-state index contributed by atoms with van der Waals surface area (Å²) in [5.41, 5.74) is 11.2. The average Bonchev–Trinajstić information content (AvgIpc) is 2.45. The molecule has 0 bridgehead atoms. The number of ether oxygens (including phenoxy) is 1. The Bertz CT molecular complexity index is 581. The summed E-state index contributed by atoms with van der Waals surface area (Å²) in [7, 11) is 0. The highest BCUT2D eigenvalue weighted by Crippen LogP contribution is 2.09. The first-order valence-corrected chi connectivity index (χ1v) is 7.69. The number of hydrogen-bond donors (Lipinski definition) is 3. The average molecular weight is 335 g/mol. The lowest BCUT2D eigenvalue weighted by Gasteiger charge is -2.22. The summed E-state index contributed by atoms with van der Waals surface area (Å²) >= 11 is 0. The van der Waals surface area contributed by atoms with Gasteiger partial charge in [0.1, 0.15) is 11.6 Å². The van der Waals surface area contributed by atoms with Crippen LogP contribution in [0.25, 0.3) is 0 Å². The Morgan fingerprint density at radius 2 is 1.75 bits per heavy atom. The quantitative estimate of drug-likeness (QED) is 0.616. The molecule has 132 valence electrons. The molecule has 2 amide bonds. The molecule has 0 saturated carbocycles. The van der Waals surface area contributed by atoms with Gasteiger partial charge >= 0.3 is 5.97 Å². The molecule has 0 aliphatic rings. The molecule has 0 saturated heterocycles. The van der Waals surface area contributed by atoms with Crippen molar-refractivity contribution in [2.24, 2.45) is 11.5 Å². The summed E-state index contributed by atoms with van der Waals surface area (Å²) in [6.45, 7) is 5.17. The van der Waals surface area contributed by atoms with Crippen LogP contribution in [0, 0.1) is 0 Å². The number of rotatable bonds is 7. The zero-order valence-corrected chi connectivity index (χ0v) is 14.2. The summed E-state index contributed by atoms with van der Waals surface area (Å²) < 4.78 is 5.12. The van der Waals surface area contributed by atoms with Crippen molar-refractivity contribution < 1.29 is 19.1 Å². The van der Waals surface area contributed by atoms with Crippen LogP contribution in [0.4, 0.5) is 0 Å². The van der Waals surface area contributed by atoms with Gasteiger partial charge in [-0.25, -0.2) is 0 Å². The molecule has 24 heavy (non-hydrogen) atoms. The van der Waals surface area contributed by atoms with Crippen molar-refractivity contribution in [1.82, 2.24) is 5.32 Å². The summed E-state index contributed by atoms with van der Waals surface area (Å²) in [4.78, 5) is 35.4. The van der Waals surface area contributed by atoms with E-state index >= 15 is 0 Å². The van der Waals surface area contributed by atoms with Crippen molar-refractivity contribution in [2.45, 2.75) is 51.3 Å². The van der Waals surface area contributed by atoms with Crippen LogP contribution < -0.4 is 16.8 Å². The van der Waals surface area contributed by atoms with Crippen LogP contribution in [-0.2, 0) is 25.5 Å².